The standard InChI is InChI=1S/C19H20ClNO5S3/c1-3-26-19(23)16-14-8-9-29(24,25)10-15(14)28-18(16)21-17(22)11(2)27-13-6-4-12(20)5-7-13/h4-7,11H,3,8-10H2,1-2H3,(H,21,22). The molecule has 1 aliphatic heterocycles. The molecule has 1 N–H and O–H groups in total. The third-order valence-electron chi connectivity index (χ3n) is 4.32. The summed E-state index contributed by atoms with van der Waals surface area (Å²) in [7, 11) is -3.20. The van der Waals surface area contributed by atoms with E-state index in [1.54, 1.807) is 26.0 Å². The molecule has 2 heterocycles. The molecular formula is C19H20ClNO5S3. The van der Waals surface area contributed by atoms with E-state index >= 15 is 0 Å². The van der Waals surface area contributed by atoms with Crippen LogP contribution in [0.15, 0.2) is 29.2 Å². The molecule has 1 aromatic carbocycles. The van der Waals surface area contributed by atoms with E-state index in [1.807, 2.05) is 12.1 Å². The van der Waals surface area contributed by atoms with E-state index in [2.05, 4.69) is 5.32 Å². The van der Waals surface area contributed by atoms with Gasteiger partial charge >= 0.3 is 5.97 Å². The van der Waals surface area contributed by atoms with Crippen molar-refractivity contribution in [3.63, 3.8) is 0 Å². The second-order valence-electron chi connectivity index (χ2n) is 6.47. The summed E-state index contributed by atoms with van der Waals surface area (Å²) in [6, 6.07) is 7.16. The number of carbonyl (C=O) groups excluding carboxylic acids is 2. The molecule has 0 radical (unpaired) electrons. The molecule has 1 amide bonds. The molecule has 1 unspecified atom stereocenters. The average Bonchev–Trinajstić information content (AvgIpc) is 2.99. The van der Waals surface area contributed by atoms with Crippen LogP contribution in [0.1, 0.15) is 34.6 Å². The first-order valence-corrected chi connectivity index (χ1v) is 12.8. The maximum Gasteiger partial charge on any atom is 0.341 e. The quantitative estimate of drug-likeness (QED) is 0.500. The number of anilines is 1. The molecular weight excluding hydrogens is 454 g/mol. The van der Waals surface area contributed by atoms with Crippen molar-refractivity contribution >= 4 is 61.4 Å². The van der Waals surface area contributed by atoms with Gasteiger partial charge in [0.1, 0.15) is 5.00 Å². The molecule has 1 aromatic heterocycles. The van der Waals surface area contributed by atoms with Gasteiger partial charge in [0, 0.05) is 14.8 Å². The first kappa shape index (κ1) is 22.1. The van der Waals surface area contributed by atoms with Crippen LogP contribution < -0.4 is 5.32 Å². The van der Waals surface area contributed by atoms with Crippen molar-refractivity contribution in [2.45, 2.75) is 36.2 Å². The Morgan fingerprint density at radius 1 is 1.31 bits per heavy atom. The number of amides is 1. The average molecular weight is 474 g/mol. The zero-order valence-corrected chi connectivity index (χ0v) is 19.1. The highest BCUT2D eigenvalue weighted by Crippen LogP contribution is 2.39. The fraction of sp³-hybridized carbons (Fsp3) is 0.368. The summed E-state index contributed by atoms with van der Waals surface area (Å²) in [5.74, 6) is -0.960. The molecule has 0 bridgehead atoms. The normalized spacial score (nSPS) is 16.0. The molecule has 0 saturated heterocycles. The van der Waals surface area contributed by atoms with Crippen molar-refractivity contribution in [3.8, 4) is 0 Å². The first-order valence-electron chi connectivity index (χ1n) is 8.95. The van der Waals surface area contributed by atoms with Crippen LogP contribution >= 0.6 is 34.7 Å². The zero-order chi connectivity index (χ0) is 21.2. The van der Waals surface area contributed by atoms with E-state index in [9.17, 15) is 18.0 Å². The van der Waals surface area contributed by atoms with E-state index in [1.165, 1.54) is 11.8 Å². The largest absolute Gasteiger partial charge is 0.462 e. The number of hydrogen-bond donors (Lipinski definition) is 1. The van der Waals surface area contributed by atoms with Crippen molar-refractivity contribution in [2.24, 2.45) is 0 Å². The van der Waals surface area contributed by atoms with E-state index in [-0.39, 0.29) is 36.0 Å². The Hall–Kier alpha value is -1.55. The van der Waals surface area contributed by atoms with Gasteiger partial charge in [-0.2, -0.15) is 0 Å². The molecule has 0 aliphatic carbocycles. The van der Waals surface area contributed by atoms with E-state index in [4.69, 9.17) is 16.3 Å². The summed E-state index contributed by atoms with van der Waals surface area (Å²) in [6.45, 7) is 3.65. The highest BCUT2D eigenvalue weighted by atomic mass is 35.5. The van der Waals surface area contributed by atoms with Gasteiger partial charge in [-0.1, -0.05) is 11.6 Å². The molecule has 1 atom stereocenters. The number of carbonyl (C=O) groups is 2. The minimum Gasteiger partial charge on any atom is -0.462 e. The van der Waals surface area contributed by atoms with Crippen LogP contribution in [-0.4, -0.2) is 37.9 Å². The number of thiophene rings is 1. The van der Waals surface area contributed by atoms with Gasteiger partial charge in [0.2, 0.25) is 5.91 Å². The highest BCUT2D eigenvalue weighted by molar-refractivity contribution is 8.00. The summed E-state index contributed by atoms with van der Waals surface area (Å²) in [5, 5.41) is 3.33. The van der Waals surface area contributed by atoms with Crippen LogP contribution in [-0.2, 0) is 31.5 Å². The Bertz CT molecular complexity index is 1030. The fourth-order valence-corrected chi connectivity index (χ4v) is 6.95. The summed E-state index contributed by atoms with van der Waals surface area (Å²) in [6.07, 6.45) is 0.243. The Balaban J connectivity index is 1.83. The van der Waals surface area contributed by atoms with Gasteiger partial charge < -0.3 is 10.1 Å². The summed E-state index contributed by atoms with van der Waals surface area (Å²) < 4.78 is 29.1. The molecule has 0 saturated carbocycles. The van der Waals surface area contributed by atoms with Crippen LogP contribution in [0.3, 0.4) is 0 Å². The van der Waals surface area contributed by atoms with Gasteiger partial charge in [-0.05, 0) is 50.1 Å². The number of hydrogen-bond acceptors (Lipinski definition) is 7. The number of rotatable bonds is 6. The smallest absolute Gasteiger partial charge is 0.341 e. The number of thioether (sulfide) groups is 1. The molecule has 3 rings (SSSR count). The Labute approximate surface area is 182 Å². The third-order valence-corrected chi connectivity index (χ3v) is 8.57. The Morgan fingerprint density at radius 3 is 2.66 bits per heavy atom. The van der Waals surface area contributed by atoms with E-state index < -0.39 is 21.1 Å². The topological polar surface area (TPSA) is 89.5 Å². The number of fused-ring (bicyclic) bond motifs is 1. The van der Waals surface area contributed by atoms with Crippen molar-refractivity contribution < 1.29 is 22.7 Å². The predicted molar refractivity (Wildman–Crippen MR) is 117 cm³/mol. The summed E-state index contributed by atoms with van der Waals surface area (Å²) in [4.78, 5) is 26.7. The molecule has 1 aliphatic rings. The lowest BCUT2D eigenvalue weighted by Gasteiger charge is -2.14. The van der Waals surface area contributed by atoms with Crippen LogP contribution in [0.25, 0.3) is 0 Å². The predicted octanol–water partition coefficient (Wildman–Crippen LogP) is 4.17. The van der Waals surface area contributed by atoms with Gasteiger partial charge in [0.25, 0.3) is 0 Å². The van der Waals surface area contributed by atoms with Crippen molar-refractivity contribution in [1.29, 1.82) is 0 Å². The monoisotopic (exact) mass is 473 g/mol. The summed E-state index contributed by atoms with van der Waals surface area (Å²) in [5.41, 5.74) is 0.940. The lowest BCUT2D eigenvalue weighted by molar-refractivity contribution is -0.115. The van der Waals surface area contributed by atoms with Gasteiger partial charge in [-0.15, -0.1) is 23.1 Å². The summed E-state index contributed by atoms with van der Waals surface area (Å²) >= 11 is 8.38. The van der Waals surface area contributed by atoms with Crippen molar-refractivity contribution in [2.75, 3.05) is 17.7 Å². The molecule has 29 heavy (non-hydrogen) atoms. The number of halogens is 1. The molecule has 156 valence electrons. The van der Waals surface area contributed by atoms with Crippen LogP contribution in [0.5, 0.6) is 0 Å². The number of sulfone groups is 1. The lowest BCUT2D eigenvalue weighted by Crippen LogP contribution is -2.23. The van der Waals surface area contributed by atoms with Crippen molar-refractivity contribution in [1.82, 2.24) is 0 Å². The minimum atomic E-state index is -3.20. The number of esters is 1. The van der Waals surface area contributed by atoms with Gasteiger partial charge in [0.05, 0.1) is 28.9 Å². The maximum atomic E-state index is 12.7. The van der Waals surface area contributed by atoms with Gasteiger partial charge in [0.15, 0.2) is 9.84 Å². The maximum absolute atomic E-state index is 12.7. The van der Waals surface area contributed by atoms with Gasteiger partial charge in [-0.25, -0.2) is 13.2 Å². The number of benzene rings is 1. The Morgan fingerprint density at radius 2 is 2.00 bits per heavy atom. The Kier molecular flexibility index (Phi) is 6.93. The number of ether oxygens (including phenoxy) is 1. The molecule has 0 fully saturated rings. The minimum absolute atomic E-state index is 0.0145. The number of nitrogens with one attached hydrogen (secondary N) is 1. The van der Waals surface area contributed by atoms with Gasteiger partial charge in [-0.3, -0.25) is 4.79 Å². The van der Waals surface area contributed by atoms with Crippen LogP contribution in [0, 0.1) is 0 Å². The van der Waals surface area contributed by atoms with E-state index in [0.29, 0.717) is 20.5 Å². The van der Waals surface area contributed by atoms with Crippen molar-refractivity contribution in [3.05, 3.63) is 45.3 Å². The first-order chi connectivity index (χ1) is 13.7. The second-order valence-corrected chi connectivity index (χ2v) is 11.6. The van der Waals surface area contributed by atoms with Crippen LogP contribution in [0.4, 0.5) is 5.00 Å². The fourth-order valence-electron chi connectivity index (χ4n) is 2.91. The lowest BCUT2D eigenvalue weighted by atomic mass is 10.1. The highest BCUT2D eigenvalue weighted by Gasteiger charge is 2.32. The zero-order valence-electron chi connectivity index (χ0n) is 15.9. The van der Waals surface area contributed by atoms with Crippen LogP contribution in [0.2, 0.25) is 5.02 Å². The molecule has 2 aromatic rings. The van der Waals surface area contributed by atoms with E-state index in [0.717, 1.165) is 16.2 Å². The SMILES string of the molecule is CCOC(=O)c1c(NC(=O)C(C)Sc2ccc(Cl)cc2)sc2c1CCS(=O)(=O)C2. The second kappa shape index (κ2) is 9.07. The molecule has 0 spiro atoms. The third kappa shape index (κ3) is 5.33. The molecule has 10 heteroatoms. The molecule has 6 nitrogen and oxygen atoms in total.